The van der Waals surface area contributed by atoms with Crippen LogP contribution in [-0.4, -0.2) is 25.1 Å². The van der Waals surface area contributed by atoms with Crippen LogP contribution in [0.5, 0.6) is 5.75 Å². The summed E-state index contributed by atoms with van der Waals surface area (Å²) in [5, 5.41) is 0. The first-order valence-electron chi connectivity index (χ1n) is 6.14. The van der Waals surface area contributed by atoms with Crippen molar-refractivity contribution in [3.8, 4) is 5.75 Å². The first kappa shape index (κ1) is 17.3. The van der Waals surface area contributed by atoms with Crippen molar-refractivity contribution < 1.29 is 31.8 Å². The summed E-state index contributed by atoms with van der Waals surface area (Å²) in [4.78, 5) is 11.3. The van der Waals surface area contributed by atoms with Gasteiger partial charge in [-0.3, -0.25) is 0 Å². The maximum absolute atomic E-state index is 12.6. The van der Waals surface area contributed by atoms with Crippen molar-refractivity contribution in [3.05, 3.63) is 29.8 Å². The Morgan fingerprint density at radius 1 is 1.19 bits per heavy atom. The molecule has 0 radical (unpaired) electrons. The van der Waals surface area contributed by atoms with E-state index >= 15 is 0 Å². The van der Waals surface area contributed by atoms with Crippen LogP contribution >= 0.6 is 0 Å². The minimum absolute atomic E-state index is 0.135. The van der Waals surface area contributed by atoms with Gasteiger partial charge in [0.1, 0.15) is 5.75 Å². The third-order valence-corrected chi connectivity index (χ3v) is 2.59. The molecule has 1 aromatic rings. The van der Waals surface area contributed by atoms with E-state index in [2.05, 4.69) is 4.74 Å². The predicted octanol–water partition coefficient (Wildman–Crippen LogP) is 4.40. The van der Waals surface area contributed by atoms with E-state index in [1.807, 2.05) is 20.8 Å². The van der Waals surface area contributed by atoms with Gasteiger partial charge in [-0.2, -0.15) is 8.78 Å². The molecule has 0 N–H and O–H groups in total. The molecule has 1 aromatic carbocycles. The van der Waals surface area contributed by atoms with Crippen LogP contribution in [0.15, 0.2) is 24.3 Å². The molecule has 0 amide bonds. The molecule has 0 saturated carbocycles. The van der Waals surface area contributed by atoms with Crippen LogP contribution < -0.4 is 4.74 Å². The van der Waals surface area contributed by atoms with Gasteiger partial charge in [0.05, 0.1) is 0 Å². The first-order chi connectivity index (χ1) is 9.54. The molecule has 21 heavy (non-hydrogen) atoms. The van der Waals surface area contributed by atoms with E-state index in [0.717, 1.165) is 0 Å². The highest BCUT2D eigenvalue weighted by Crippen LogP contribution is 2.31. The number of hydrogen-bond donors (Lipinski definition) is 0. The Balaban J connectivity index is 2.73. The zero-order valence-corrected chi connectivity index (χ0v) is 11.8. The zero-order valence-electron chi connectivity index (χ0n) is 11.8. The van der Waals surface area contributed by atoms with Gasteiger partial charge in [0.2, 0.25) is 0 Å². The highest BCUT2D eigenvalue weighted by molar-refractivity contribution is 5.65. The van der Waals surface area contributed by atoms with Crippen molar-refractivity contribution in [1.82, 2.24) is 0 Å². The number of rotatable bonds is 4. The van der Waals surface area contributed by atoms with E-state index < -0.39 is 25.1 Å². The van der Waals surface area contributed by atoms with E-state index in [1.165, 1.54) is 6.07 Å². The van der Waals surface area contributed by atoms with Crippen LogP contribution in [0, 0.1) is 0 Å². The van der Waals surface area contributed by atoms with Crippen molar-refractivity contribution in [1.29, 1.82) is 0 Å². The van der Waals surface area contributed by atoms with Gasteiger partial charge in [0.25, 0.3) is 0 Å². The summed E-state index contributed by atoms with van der Waals surface area (Å²) in [5.74, 6) is -4.27. The second-order valence-corrected chi connectivity index (χ2v) is 5.45. The number of benzene rings is 1. The smallest absolute Gasteiger partial charge is 0.427 e. The molecule has 0 aliphatic rings. The number of carbonyl (C=O) groups is 1. The summed E-state index contributed by atoms with van der Waals surface area (Å²) < 4.78 is 58.0. The van der Waals surface area contributed by atoms with Gasteiger partial charge in [-0.1, -0.05) is 39.0 Å². The Labute approximate surface area is 119 Å². The lowest BCUT2D eigenvalue weighted by Gasteiger charge is -2.22. The summed E-state index contributed by atoms with van der Waals surface area (Å²) in [6.45, 7) is 3.86. The monoisotopic (exact) mass is 308 g/mol. The second kappa shape index (κ2) is 6.32. The molecule has 0 fully saturated rings. The largest absolute Gasteiger partial charge is 0.514 e. The van der Waals surface area contributed by atoms with Crippen molar-refractivity contribution in [2.75, 3.05) is 6.61 Å². The molecule has 1 rings (SSSR count). The van der Waals surface area contributed by atoms with E-state index in [-0.39, 0.29) is 11.2 Å². The van der Waals surface area contributed by atoms with Crippen LogP contribution in [0.25, 0.3) is 0 Å². The van der Waals surface area contributed by atoms with Gasteiger partial charge in [0, 0.05) is 5.56 Å². The van der Waals surface area contributed by atoms with Gasteiger partial charge in [-0.05, 0) is 11.5 Å². The van der Waals surface area contributed by atoms with Gasteiger partial charge in [-0.15, -0.1) is 0 Å². The highest BCUT2D eigenvalue weighted by atomic mass is 19.3. The fraction of sp³-hybridized carbons (Fsp3) is 0.500. The molecule has 0 heterocycles. The van der Waals surface area contributed by atoms with Crippen molar-refractivity contribution >= 4 is 6.16 Å². The number of alkyl halides is 4. The number of hydrogen-bond acceptors (Lipinski definition) is 3. The molecular weight excluding hydrogens is 292 g/mol. The topological polar surface area (TPSA) is 35.5 Å². The van der Waals surface area contributed by atoms with Gasteiger partial charge < -0.3 is 9.47 Å². The standard InChI is InChI=1S/C14H16F4O3/c1-13(2,3)9-6-4-5-7-10(9)21-12(19)20-8-14(17,18)11(15)16/h4-7,11H,8H2,1-3H3. The number of halogens is 4. The molecule has 0 spiro atoms. The molecule has 0 aromatic heterocycles. The number of carbonyl (C=O) groups excluding carboxylic acids is 1. The van der Waals surface area contributed by atoms with Crippen LogP contribution in [-0.2, 0) is 10.2 Å². The quantitative estimate of drug-likeness (QED) is 0.470. The molecule has 0 bridgehead atoms. The lowest BCUT2D eigenvalue weighted by Crippen LogP contribution is -2.34. The van der Waals surface area contributed by atoms with Crippen LogP contribution in [0.1, 0.15) is 26.3 Å². The summed E-state index contributed by atoms with van der Waals surface area (Å²) in [5.41, 5.74) is 0.298. The average Bonchev–Trinajstić information content (AvgIpc) is 2.35. The van der Waals surface area contributed by atoms with Gasteiger partial charge >= 0.3 is 18.5 Å². The van der Waals surface area contributed by atoms with Gasteiger partial charge in [-0.25, -0.2) is 13.6 Å². The van der Waals surface area contributed by atoms with Crippen LogP contribution in [0.2, 0.25) is 0 Å². The summed E-state index contributed by atoms with van der Waals surface area (Å²) in [7, 11) is 0. The third-order valence-electron chi connectivity index (χ3n) is 2.59. The Bertz CT molecular complexity index is 495. The molecule has 0 atom stereocenters. The average molecular weight is 308 g/mol. The van der Waals surface area contributed by atoms with Gasteiger partial charge in [0.15, 0.2) is 6.61 Å². The first-order valence-corrected chi connectivity index (χ1v) is 6.14. The molecule has 0 aliphatic heterocycles. The third kappa shape index (κ3) is 4.91. The second-order valence-electron chi connectivity index (χ2n) is 5.45. The molecule has 0 aliphatic carbocycles. The molecular formula is C14H16F4O3. The maximum Gasteiger partial charge on any atom is 0.514 e. The maximum atomic E-state index is 12.6. The van der Waals surface area contributed by atoms with E-state index in [9.17, 15) is 22.4 Å². The van der Waals surface area contributed by atoms with E-state index in [1.54, 1.807) is 18.2 Å². The minimum atomic E-state index is -4.40. The van der Waals surface area contributed by atoms with Crippen molar-refractivity contribution in [2.24, 2.45) is 0 Å². The van der Waals surface area contributed by atoms with Crippen molar-refractivity contribution in [2.45, 2.75) is 38.5 Å². The van der Waals surface area contributed by atoms with Crippen molar-refractivity contribution in [3.63, 3.8) is 0 Å². The molecule has 0 unspecified atom stereocenters. The van der Waals surface area contributed by atoms with E-state index in [4.69, 9.17) is 4.74 Å². The Hall–Kier alpha value is -1.79. The molecule has 3 nitrogen and oxygen atoms in total. The lowest BCUT2D eigenvalue weighted by atomic mass is 9.86. The molecule has 118 valence electrons. The Morgan fingerprint density at radius 2 is 1.76 bits per heavy atom. The zero-order chi connectivity index (χ0) is 16.3. The highest BCUT2D eigenvalue weighted by Gasteiger charge is 2.42. The van der Waals surface area contributed by atoms with E-state index in [0.29, 0.717) is 5.56 Å². The summed E-state index contributed by atoms with van der Waals surface area (Å²) in [6, 6.07) is 6.48. The van der Waals surface area contributed by atoms with Crippen LogP contribution in [0.4, 0.5) is 22.4 Å². The Morgan fingerprint density at radius 3 is 2.29 bits per heavy atom. The number of ether oxygens (including phenoxy) is 2. The number of para-hydroxylation sites is 1. The SMILES string of the molecule is CC(C)(C)c1ccccc1OC(=O)OCC(F)(F)C(F)F. The lowest BCUT2D eigenvalue weighted by molar-refractivity contribution is -0.156. The fourth-order valence-corrected chi connectivity index (χ4v) is 1.51. The van der Waals surface area contributed by atoms with Crippen LogP contribution in [0.3, 0.4) is 0 Å². The summed E-state index contributed by atoms with van der Waals surface area (Å²) >= 11 is 0. The predicted molar refractivity (Wildman–Crippen MR) is 68.1 cm³/mol. The fourth-order valence-electron chi connectivity index (χ4n) is 1.51. The normalized spacial score (nSPS) is 12.4. The molecule has 7 heteroatoms. The summed E-state index contributed by atoms with van der Waals surface area (Å²) in [6.07, 6.45) is -5.36. The molecule has 0 saturated heterocycles. The Kier molecular flexibility index (Phi) is 5.20. The minimum Gasteiger partial charge on any atom is -0.427 e.